The third-order valence-electron chi connectivity index (χ3n) is 4.91. The van der Waals surface area contributed by atoms with Gasteiger partial charge in [-0.1, -0.05) is 48.0 Å². The Kier molecular flexibility index (Phi) is 7.54. The number of carbonyl (C=O) groups is 2. The molecule has 0 bridgehead atoms. The van der Waals surface area contributed by atoms with Crippen molar-refractivity contribution < 1.29 is 19.1 Å². The number of ether oxygens (including phenoxy) is 2. The molecule has 1 heterocycles. The highest BCUT2D eigenvalue weighted by atomic mass is 35.5. The van der Waals surface area contributed by atoms with E-state index in [4.69, 9.17) is 21.1 Å². The van der Waals surface area contributed by atoms with Crippen LogP contribution in [-0.4, -0.2) is 36.7 Å². The Hall–Kier alpha value is -4.43. The first-order chi connectivity index (χ1) is 17.0. The Balaban J connectivity index is 1.35. The number of carbonyl (C=O) groups excluding carboxylic acids is 2. The van der Waals surface area contributed by atoms with Crippen molar-refractivity contribution in [3.63, 3.8) is 0 Å². The van der Waals surface area contributed by atoms with Gasteiger partial charge < -0.3 is 14.8 Å². The monoisotopic (exact) mass is 488 g/mol. The summed E-state index contributed by atoms with van der Waals surface area (Å²) in [6, 6.07) is 23.0. The molecule has 0 saturated heterocycles. The zero-order valence-electron chi connectivity index (χ0n) is 18.7. The number of pyridine rings is 1. The SMILES string of the molecule is COc1cc(/C=N/NC(=O)c2ccc3ccccc3n2)ccc1OCC(=O)Nc1ccccc1Cl. The predicted molar refractivity (Wildman–Crippen MR) is 135 cm³/mol. The van der Waals surface area contributed by atoms with Crippen molar-refractivity contribution in [2.24, 2.45) is 5.10 Å². The summed E-state index contributed by atoms with van der Waals surface area (Å²) in [6.45, 7) is -0.232. The van der Waals surface area contributed by atoms with Crippen LogP contribution in [0.25, 0.3) is 10.9 Å². The van der Waals surface area contributed by atoms with Crippen molar-refractivity contribution in [2.75, 3.05) is 19.0 Å². The lowest BCUT2D eigenvalue weighted by molar-refractivity contribution is -0.118. The van der Waals surface area contributed by atoms with Crippen LogP contribution < -0.4 is 20.2 Å². The summed E-state index contributed by atoms with van der Waals surface area (Å²) in [5.41, 5.74) is 4.61. The van der Waals surface area contributed by atoms with Crippen LogP contribution in [0, 0.1) is 0 Å². The van der Waals surface area contributed by atoms with Gasteiger partial charge in [0.25, 0.3) is 11.8 Å². The fraction of sp³-hybridized carbons (Fsp3) is 0.0769. The quantitative estimate of drug-likeness (QED) is 0.277. The zero-order chi connectivity index (χ0) is 24.6. The summed E-state index contributed by atoms with van der Waals surface area (Å²) < 4.78 is 10.9. The second-order valence-corrected chi connectivity index (χ2v) is 7.72. The highest BCUT2D eigenvalue weighted by Gasteiger charge is 2.11. The van der Waals surface area contributed by atoms with Gasteiger partial charge in [-0.2, -0.15) is 5.10 Å². The number of halogens is 1. The first kappa shape index (κ1) is 23.7. The molecule has 2 amide bonds. The molecule has 1 aromatic heterocycles. The molecule has 8 nitrogen and oxygen atoms in total. The Morgan fingerprint density at radius 2 is 1.80 bits per heavy atom. The van der Waals surface area contributed by atoms with Gasteiger partial charge in [0.2, 0.25) is 0 Å². The molecule has 0 spiro atoms. The topological polar surface area (TPSA) is 102 Å². The Morgan fingerprint density at radius 3 is 2.63 bits per heavy atom. The molecular formula is C26H21ClN4O4. The van der Waals surface area contributed by atoms with Gasteiger partial charge in [-0.05, 0) is 48.0 Å². The summed E-state index contributed by atoms with van der Waals surface area (Å²) in [5.74, 6) is -0.00960. The minimum absolute atomic E-state index is 0.232. The Bertz CT molecular complexity index is 1410. The molecule has 0 atom stereocenters. The van der Waals surface area contributed by atoms with Gasteiger partial charge in [0, 0.05) is 5.39 Å². The summed E-state index contributed by atoms with van der Waals surface area (Å²) in [5, 5.41) is 8.07. The smallest absolute Gasteiger partial charge is 0.289 e. The van der Waals surface area contributed by atoms with Crippen LogP contribution in [0.3, 0.4) is 0 Å². The third kappa shape index (κ3) is 6.13. The Morgan fingerprint density at radius 1 is 1.00 bits per heavy atom. The highest BCUT2D eigenvalue weighted by molar-refractivity contribution is 6.33. The number of nitrogens with zero attached hydrogens (tertiary/aromatic N) is 2. The molecule has 0 fully saturated rings. The van der Waals surface area contributed by atoms with E-state index in [2.05, 4.69) is 20.8 Å². The Labute approximate surface area is 206 Å². The first-order valence-electron chi connectivity index (χ1n) is 10.6. The number of nitrogens with one attached hydrogen (secondary N) is 2. The zero-order valence-corrected chi connectivity index (χ0v) is 19.5. The average Bonchev–Trinajstić information content (AvgIpc) is 2.88. The molecule has 2 N–H and O–H groups in total. The number of hydrazone groups is 1. The molecule has 3 aromatic carbocycles. The number of fused-ring (bicyclic) bond motifs is 1. The normalized spacial score (nSPS) is 10.8. The molecule has 0 unspecified atom stereocenters. The van der Waals surface area contributed by atoms with Gasteiger partial charge in [-0.25, -0.2) is 10.4 Å². The van der Waals surface area contributed by atoms with Gasteiger partial charge >= 0.3 is 0 Å². The number of para-hydroxylation sites is 2. The molecule has 0 aliphatic heterocycles. The van der Waals surface area contributed by atoms with Crippen LogP contribution in [0.2, 0.25) is 5.02 Å². The van der Waals surface area contributed by atoms with Crippen molar-refractivity contribution in [1.82, 2.24) is 10.4 Å². The van der Waals surface area contributed by atoms with Crippen molar-refractivity contribution in [1.29, 1.82) is 0 Å². The molecule has 9 heteroatoms. The second-order valence-electron chi connectivity index (χ2n) is 7.32. The van der Waals surface area contributed by atoms with E-state index < -0.39 is 5.91 Å². The summed E-state index contributed by atoms with van der Waals surface area (Å²) in [4.78, 5) is 28.9. The fourth-order valence-corrected chi connectivity index (χ4v) is 3.37. The summed E-state index contributed by atoms with van der Waals surface area (Å²) in [7, 11) is 1.49. The third-order valence-corrected chi connectivity index (χ3v) is 5.23. The van der Waals surface area contributed by atoms with E-state index in [-0.39, 0.29) is 18.2 Å². The van der Waals surface area contributed by atoms with Gasteiger partial charge in [0.05, 0.1) is 29.6 Å². The van der Waals surface area contributed by atoms with Crippen LogP contribution in [0.1, 0.15) is 16.1 Å². The van der Waals surface area contributed by atoms with Crippen molar-refractivity contribution in [2.45, 2.75) is 0 Å². The van der Waals surface area contributed by atoms with Gasteiger partial charge in [0.1, 0.15) is 5.69 Å². The molecular weight excluding hydrogens is 468 g/mol. The van der Waals surface area contributed by atoms with E-state index in [1.54, 1.807) is 48.5 Å². The van der Waals surface area contributed by atoms with Gasteiger partial charge in [-0.15, -0.1) is 0 Å². The molecule has 4 rings (SSSR count). The van der Waals surface area contributed by atoms with Crippen LogP contribution in [0.15, 0.2) is 84.0 Å². The lowest BCUT2D eigenvalue weighted by Crippen LogP contribution is -2.20. The van der Waals surface area contributed by atoms with Crippen molar-refractivity contribution >= 4 is 46.2 Å². The van der Waals surface area contributed by atoms with Crippen LogP contribution in [0.4, 0.5) is 5.69 Å². The lowest BCUT2D eigenvalue weighted by atomic mass is 10.2. The lowest BCUT2D eigenvalue weighted by Gasteiger charge is -2.12. The fourth-order valence-electron chi connectivity index (χ4n) is 3.19. The van der Waals surface area contributed by atoms with Crippen molar-refractivity contribution in [3.8, 4) is 11.5 Å². The standard InChI is InChI=1S/C26H21ClN4O4/c1-34-24-14-17(10-13-23(24)35-16-25(32)30-21-9-5-3-7-19(21)27)15-28-31-26(33)22-12-11-18-6-2-4-8-20(18)29-22/h2-15H,16H2,1H3,(H,30,32)(H,31,33)/b28-15+. The molecule has 0 aliphatic carbocycles. The average molecular weight is 489 g/mol. The van der Waals surface area contributed by atoms with E-state index in [1.807, 2.05) is 30.3 Å². The number of hydrogen-bond donors (Lipinski definition) is 2. The van der Waals surface area contributed by atoms with E-state index in [0.717, 1.165) is 10.9 Å². The minimum atomic E-state index is -0.427. The summed E-state index contributed by atoms with van der Waals surface area (Å²) in [6.07, 6.45) is 1.47. The number of methoxy groups -OCH3 is 1. The van der Waals surface area contributed by atoms with Gasteiger partial charge in [-0.3, -0.25) is 9.59 Å². The van der Waals surface area contributed by atoms with Crippen LogP contribution >= 0.6 is 11.6 Å². The van der Waals surface area contributed by atoms with Crippen LogP contribution in [0.5, 0.6) is 11.5 Å². The number of rotatable bonds is 8. The largest absolute Gasteiger partial charge is 0.493 e. The van der Waals surface area contributed by atoms with Crippen LogP contribution in [-0.2, 0) is 4.79 Å². The van der Waals surface area contributed by atoms with E-state index in [0.29, 0.717) is 27.8 Å². The maximum absolute atomic E-state index is 12.4. The van der Waals surface area contributed by atoms with Crippen molar-refractivity contribution in [3.05, 3.63) is 95.1 Å². The second kappa shape index (κ2) is 11.1. The maximum Gasteiger partial charge on any atom is 0.289 e. The summed E-state index contributed by atoms with van der Waals surface area (Å²) >= 11 is 6.05. The maximum atomic E-state index is 12.4. The number of benzene rings is 3. The number of aromatic nitrogens is 1. The van der Waals surface area contributed by atoms with E-state index in [1.165, 1.54) is 13.3 Å². The molecule has 0 aliphatic rings. The van der Waals surface area contributed by atoms with E-state index >= 15 is 0 Å². The number of amides is 2. The van der Waals surface area contributed by atoms with E-state index in [9.17, 15) is 9.59 Å². The minimum Gasteiger partial charge on any atom is -0.493 e. The molecule has 0 radical (unpaired) electrons. The molecule has 35 heavy (non-hydrogen) atoms. The first-order valence-corrected chi connectivity index (χ1v) is 11.0. The van der Waals surface area contributed by atoms with Gasteiger partial charge in [0.15, 0.2) is 18.1 Å². The number of anilines is 1. The molecule has 4 aromatic rings. The molecule has 176 valence electrons. The number of hydrogen-bond acceptors (Lipinski definition) is 6. The molecule has 0 saturated carbocycles. The highest BCUT2D eigenvalue weighted by Crippen LogP contribution is 2.28. The predicted octanol–water partition coefficient (Wildman–Crippen LogP) is 4.68.